The molecule has 5 nitrogen and oxygen atoms in total. The molecule has 2 amide bonds. The van der Waals surface area contributed by atoms with E-state index in [0.29, 0.717) is 10.8 Å². The zero-order valence-electron chi connectivity index (χ0n) is 22.2. The minimum Gasteiger partial charge on any atom is -0.491 e. The third-order valence-corrected chi connectivity index (χ3v) is 7.88. The summed E-state index contributed by atoms with van der Waals surface area (Å²) in [4.78, 5) is 27.8. The van der Waals surface area contributed by atoms with Crippen LogP contribution in [-0.2, 0) is 11.3 Å². The van der Waals surface area contributed by atoms with Crippen LogP contribution in [0.3, 0.4) is 0 Å². The zero-order chi connectivity index (χ0) is 26.8. The summed E-state index contributed by atoms with van der Waals surface area (Å²) in [6.07, 6.45) is 1.88. The Balaban J connectivity index is 1.37. The van der Waals surface area contributed by atoms with Crippen LogP contribution in [0.15, 0.2) is 77.7 Å². The Morgan fingerprint density at radius 2 is 1.68 bits per heavy atom. The van der Waals surface area contributed by atoms with Gasteiger partial charge in [0.2, 0.25) is 0 Å². The minimum absolute atomic E-state index is 0.211. The molecule has 0 radical (unpaired) electrons. The Hall–Kier alpha value is -3.77. The van der Waals surface area contributed by atoms with E-state index in [2.05, 4.69) is 61.7 Å². The van der Waals surface area contributed by atoms with Crippen LogP contribution in [0, 0.1) is 13.8 Å². The van der Waals surface area contributed by atoms with Crippen LogP contribution in [0.25, 0.3) is 17.0 Å². The molecule has 0 saturated carbocycles. The van der Waals surface area contributed by atoms with E-state index in [1.807, 2.05) is 49.4 Å². The number of imide groups is 1. The van der Waals surface area contributed by atoms with E-state index in [0.717, 1.165) is 57.3 Å². The average molecular weight is 525 g/mol. The largest absolute Gasteiger partial charge is 0.491 e. The molecule has 1 fully saturated rings. The molecule has 1 aromatic heterocycles. The number of hydrogen-bond donors (Lipinski definition) is 0. The number of amides is 2. The number of aromatic nitrogens is 1. The summed E-state index contributed by atoms with van der Waals surface area (Å²) < 4.78 is 8.32. The first-order valence-corrected chi connectivity index (χ1v) is 13.8. The van der Waals surface area contributed by atoms with Crippen molar-refractivity contribution in [2.75, 3.05) is 13.2 Å². The molecule has 1 aliphatic rings. The number of aryl methyl sites for hydroxylation is 1. The van der Waals surface area contributed by atoms with Gasteiger partial charge in [0.05, 0.1) is 11.4 Å². The van der Waals surface area contributed by atoms with Crippen molar-refractivity contribution in [1.29, 1.82) is 0 Å². The number of fused-ring (bicyclic) bond motifs is 1. The Labute approximate surface area is 228 Å². The number of para-hydroxylation sites is 1. The lowest BCUT2D eigenvalue weighted by Crippen LogP contribution is -2.32. The Morgan fingerprint density at radius 3 is 2.45 bits per heavy atom. The van der Waals surface area contributed by atoms with Crippen LogP contribution in [0.1, 0.15) is 47.7 Å². The molecule has 4 aromatic rings. The van der Waals surface area contributed by atoms with Crippen molar-refractivity contribution in [2.24, 2.45) is 0 Å². The van der Waals surface area contributed by atoms with Gasteiger partial charge in [-0.3, -0.25) is 14.5 Å². The van der Waals surface area contributed by atoms with Crippen LogP contribution in [0.5, 0.6) is 5.75 Å². The molecule has 38 heavy (non-hydrogen) atoms. The smallest absolute Gasteiger partial charge is 0.293 e. The summed E-state index contributed by atoms with van der Waals surface area (Å²) in [6.45, 7) is 9.54. The standard InChI is InChI=1S/C32H32N2O3S/c1-21(2)25-15-14-22(3)18-29(25)37-17-16-33-31(35)30(38-32(33)36)19-27-23(4)34(20-24-10-6-5-7-11-24)28-13-9-8-12-26(27)28/h5-15,18-19,21H,16-17,20H2,1-4H3/b30-19-. The average Bonchev–Trinajstić information content (AvgIpc) is 3.32. The van der Waals surface area contributed by atoms with Crippen LogP contribution in [0.2, 0.25) is 0 Å². The molecular formula is C32H32N2O3S. The lowest BCUT2D eigenvalue weighted by atomic mass is 10.0. The van der Waals surface area contributed by atoms with Crippen molar-refractivity contribution in [3.63, 3.8) is 0 Å². The molecule has 0 atom stereocenters. The van der Waals surface area contributed by atoms with Gasteiger partial charge >= 0.3 is 0 Å². The highest BCUT2D eigenvalue weighted by Gasteiger charge is 2.35. The van der Waals surface area contributed by atoms with Gasteiger partial charge in [0, 0.05) is 28.7 Å². The summed E-state index contributed by atoms with van der Waals surface area (Å²) in [5, 5.41) is 0.806. The van der Waals surface area contributed by atoms with Crippen molar-refractivity contribution in [1.82, 2.24) is 9.47 Å². The Kier molecular flexibility index (Phi) is 7.43. The highest BCUT2D eigenvalue weighted by molar-refractivity contribution is 8.18. The normalized spacial score (nSPS) is 14.9. The first kappa shape index (κ1) is 25.9. The molecule has 5 rings (SSSR count). The van der Waals surface area contributed by atoms with Crippen LogP contribution >= 0.6 is 11.8 Å². The third kappa shape index (κ3) is 5.14. The van der Waals surface area contributed by atoms with E-state index in [1.165, 1.54) is 10.5 Å². The number of ether oxygens (including phenoxy) is 1. The van der Waals surface area contributed by atoms with E-state index in [1.54, 1.807) is 0 Å². The number of hydrogen-bond acceptors (Lipinski definition) is 4. The molecule has 2 heterocycles. The van der Waals surface area contributed by atoms with Gasteiger partial charge in [0.15, 0.2) is 0 Å². The van der Waals surface area contributed by atoms with Crippen LogP contribution in [0.4, 0.5) is 4.79 Å². The second kappa shape index (κ2) is 10.9. The second-order valence-electron chi connectivity index (χ2n) is 9.97. The zero-order valence-corrected chi connectivity index (χ0v) is 23.0. The van der Waals surface area contributed by atoms with E-state index >= 15 is 0 Å². The van der Waals surface area contributed by atoms with E-state index in [4.69, 9.17) is 4.74 Å². The molecule has 194 valence electrons. The number of carbonyl (C=O) groups excluding carboxylic acids is 2. The SMILES string of the molecule is Cc1ccc(C(C)C)c(OCCN2C(=O)S/C(=C\c3c(C)n(Cc4ccccc4)c4ccccc34)C2=O)c1. The van der Waals surface area contributed by atoms with Gasteiger partial charge in [-0.1, -0.05) is 74.5 Å². The molecule has 6 heteroatoms. The molecular weight excluding hydrogens is 492 g/mol. The maximum Gasteiger partial charge on any atom is 0.293 e. The fourth-order valence-corrected chi connectivity index (χ4v) is 5.77. The van der Waals surface area contributed by atoms with Crippen molar-refractivity contribution < 1.29 is 14.3 Å². The Bertz CT molecular complexity index is 1540. The van der Waals surface area contributed by atoms with Gasteiger partial charge in [0.1, 0.15) is 12.4 Å². The summed E-state index contributed by atoms with van der Waals surface area (Å²) in [5.41, 5.74) is 6.57. The summed E-state index contributed by atoms with van der Waals surface area (Å²) in [5.74, 6) is 0.860. The highest BCUT2D eigenvalue weighted by atomic mass is 32.2. The second-order valence-corrected chi connectivity index (χ2v) is 11.0. The first-order valence-electron chi connectivity index (χ1n) is 12.9. The fourth-order valence-electron chi connectivity index (χ4n) is 4.92. The van der Waals surface area contributed by atoms with Crippen molar-refractivity contribution in [3.05, 3.63) is 106 Å². The predicted molar refractivity (Wildman–Crippen MR) is 156 cm³/mol. The minimum atomic E-state index is -0.267. The summed E-state index contributed by atoms with van der Waals surface area (Å²) >= 11 is 0.998. The highest BCUT2D eigenvalue weighted by Crippen LogP contribution is 2.36. The van der Waals surface area contributed by atoms with Gasteiger partial charge in [-0.2, -0.15) is 0 Å². The van der Waals surface area contributed by atoms with Crippen molar-refractivity contribution in [2.45, 2.75) is 40.2 Å². The first-order chi connectivity index (χ1) is 18.3. The topological polar surface area (TPSA) is 51.5 Å². The number of nitrogens with zero attached hydrogens (tertiary/aromatic N) is 2. The molecule has 1 aliphatic heterocycles. The Morgan fingerprint density at radius 1 is 0.947 bits per heavy atom. The van der Waals surface area contributed by atoms with Crippen molar-refractivity contribution in [3.8, 4) is 5.75 Å². The number of thioether (sulfide) groups is 1. The van der Waals surface area contributed by atoms with E-state index in [-0.39, 0.29) is 24.3 Å². The lowest BCUT2D eigenvalue weighted by Gasteiger charge is -2.17. The van der Waals surface area contributed by atoms with Gasteiger partial charge < -0.3 is 9.30 Å². The number of benzene rings is 3. The maximum absolute atomic E-state index is 13.3. The maximum atomic E-state index is 13.3. The van der Waals surface area contributed by atoms with Crippen LogP contribution < -0.4 is 4.74 Å². The van der Waals surface area contributed by atoms with Gasteiger partial charge in [-0.25, -0.2) is 0 Å². The van der Waals surface area contributed by atoms with E-state index in [9.17, 15) is 9.59 Å². The van der Waals surface area contributed by atoms with Gasteiger partial charge in [0.25, 0.3) is 11.1 Å². The van der Waals surface area contributed by atoms with Crippen molar-refractivity contribution >= 4 is 39.9 Å². The lowest BCUT2D eigenvalue weighted by molar-refractivity contribution is -0.123. The molecule has 0 spiro atoms. The third-order valence-electron chi connectivity index (χ3n) is 6.98. The summed E-state index contributed by atoms with van der Waals surface area (Å²) in [6, 6.07) is 24.7. The van der Waals surface area contributed by atoms with Crippen LogP contribution in [-0.4, -0.2) is 33.8 Å². The monoisotopic (exact) mass is 524 g/mol. The number of carbonyl (C=O) groups is 2. The predicted octanol–water partition coefficient (Wildman–Crippen LogP) is 7.55. The molecule has 0 aliphatic carbocycles. The van der Waals surface area contributed by atoms with Gasteiger partial charge in [-0.05, 0) is 66.4 Å². The van der Waals surface area contributed by atoms with E-state index < -0.39 is 0 Å². The molecule has 0 bridgehead atoms. The fraction of sp³-hybridized carbons (Fsp3) is 0.250. The van der Waals surface area contributed by atoms with Gasteiger partial charge in [-0.15, -0.1) is 0 Å². The molecule has 0 unspecified atom stereocenters. The molecule has 3 aromatic carbocycles. The summed E-state index contributed by atoms with van der Waals surface area (Å²) in [7, 11) is 0. The molecule has 1 saturated heterocycles. The quantitative estimate of drug-likeness (QED) is 0.223. The molecule has 0 N–H and O–H groups in total. The number of rotatable bonds is 8.